The Bertz CT molecular complexity index is 1060. The number of hydrogen-bond acceptors (Lipinski definition) is 2. The molecule has 5 rings (SSSR count). The van der Waals surface area contributed by atoms with Crippen LogP contribution in [-0.4, -0.2) is 41.6 Å². The Morgan fingerprint density at radius 3 is 2.52 bits per heavy atom. The molecule has 0 unspecified atom stereocenters. The summed E-state index contributed by atoms with van der Waals surface area (Å²) >= 11 is 0. The first-order valence-electron chi connectivity index (χ1n) is 10.5. The van der Waals surface area contributed by atoms with E-state index >= 15 is 0 Å². The highest BCUT2D eigenvalue weighted by molar-refractivity contribution is 5.92. The Balaban J connectivity index is 1.31. The molecule has 3 aromatic rings. The molecule has 0 spiro atoms. The van der Waals surface area contributed by atoms with E-state index in [-0.39, 0.29) is 11.7 Å². The normalized spacial score (nSPS) is 16.5. The minimum atomic E-state index is -0.218. The molecule has 4 nitrogen and oxygen atoms in total. The summed E-state index contributed by atoms with van der Waals surface area (Å²) in [5, 5.41) is 1.25. The molecule has 2 aliphatic rings. The Labute approximate surface area is 170 Å². The summed E-state index contributed by atoms with van der Waals surface area (Å²) in [5.74, 6) is -0.0141. The van der Waals surface area contributed by atoms with Gasteiger partial charge in [-0.3, -0.25) is 4.79 Å². The molecule has 1 saturated heterocycles. The number of rotatable bonds is 3. The first-order chi connectivity index (χ1) is 14.1. The molecular formula is C24H26FN3O. The standard InChI is InChI=1S/C24H26FN3O/c1-17-22(21-6-2-4-18-5-3-11-28(17)24(18)21)16-23(29)27-14-12-26(13-15-27)20-9-7-19(25)8-10-20/h2,4,6-10H,3,5,11-16H2,1H3. The second-order valence-electron chi connectivity index (χ2n) is 8.15. The number of carbonyl (C=O) groups excluding carboxylic acids is 1. The zero-order valence-electron chi connectivity index (χ0n) is 16.8. The number of aromatic nitrogens is 1. The largest absolute Gasteiger partial charge is 0.368 e. The van der Waals surface area contributed by atoms with Crippen molar-refractivity contribution >= 4 is 22.5 Å². The molecule has 0 atom stereocenters. The third-order valence-electron chi connectivity index (χ3n) is 6.54. The van der Waals surface area contributed by atoms with Crippen molar-refractivity contribution < 1.29 is 9.18 Å². The molecule has 0 saturated carbocycles. The summed E-state index contributed by atoms with van der Waals surface area (Å²) in [7, 11) is 0. The third kappa shape index (κ3) is 3.18. The molecule has 29 heavy (non-hydrogen) atoms. The number of nitrogens with zero attached hydrogens (tertiary/aromatic N) is 3. The summed E-state index contributed by atoms with van der Waals surface area (Å²) in [4.78, 5) is 17.3. The SMILES string of the molecule is Cc1c(CC(=O)N2CCN(c3ccc(F)cc3)CC2)c2cccc3c2n1CCC3. The van der Waals surface area contributed by atoms with E-state index in [0.29, 0.717) is 19.5 Å². The minimum Gasteiger partial charge on any atom is -0.368 e. The maximum Gasteiger partial charge on any atom is 0.227 e. The molecule has 150 valence electrons. The van der Waals surface area contributed by atoms with Gasteiger partial charge in [-0.05, 0) is 55.2 Å². The molecule has 1 aromatic heterocycles. The van der Waals surface area contributed by atoms with Crippen LogP contribution in [0.5, 0.6) is 0 Å². The number of para-hydroxylation sites is 1. The molecule has 0 radical (unpaired) electrons. The quantitative estimate of drug-likeness (QED) is 0.677. The van der Waals surface area contributed by atoms with E-state index in [0.717, 1.165) is 31.7 Å². The number of carbonyl (C=O) groups is 1. The molecule has 2 aliphatic heterocycles. The number of benzene rings is 2. The highest BCUT2D eigenvalue weighted by Gasteiger charge is 2.25. The first kappa shape index (κ1) is 18.2. The number of aryl methyl sites for hydroxylation is 2. The van der Waals surface area contributed by atoms with E-state index in [2.05, 4.69) is 34.6 Å². The van der Waals surface area contributed by atoms with Crippen molar-refractivity contribution in [1.29, 1.82) is 0 Å². The first-order valence-corrected chi connectivity index (χ1v) is 10.5. The monoisotopic (exact) mass is 391 g/mol. The van der Waals surface area contributed by atoms with Gasteiger partial charge in [0.15, 0.2) is 0 Å². The van der Waals surface area contributed by atoms with Crippen molar-refractivity contribution in [3.05, 3.63) is 65.1 Å². The fraction of sp³-hybridized carbons (Fsp3) is 0.375. The summed E-state index contributed by atoms with van der Waals surface area (Å²) in [6, 6.07) is 13.1. The summed E-state index contributed by atoms with van der Waals surface area (Å²) in [6.07, 6.45) is 2.76. The highest BCUT2D eigenvalue weighted by atomic mass is 19.1. The van der Waals surface area contributed by atoms with Crippen LogP contribution in [0.15, 0.2) is 42.5 Å². The number of halogens is 1. The maximum absolute atomic E-state index is 13.2. The predicted octanol–water partition coefficient (Wildman–Crippen LogP) is 3.93. The lowest BCUT2D eigenvalue weighted by Crippen LogP contribution is -2.49. The number of anilines is 1. The zero-order chi connectivity index (χ0) is 20.0. The smallest absolute Gasteiger partial charge is 0.227 e. The van der Waals surface area contributed by atoms with Gasteiger partial charge in [0.05, 0.1) is 11.9 Å². The Kier molecular flexibility index (Phi) is 4.53. The van der Waals surface area contributed by atoms with Crippen molar-refractivity contribution in [1.82, 2.24) is 9.47 Å². The minimum absolute atomic E-state index is 0.204. The Morgan fingerprint density at radius 1 is 1.00 bits per heavy atom. The molecule has 1 fully saturated rings. The second-order valence-corrected chi connectivity index (χ2v) is 8.15. The van der Waals surface area contributed by atoms with E-state index in [9.17, 15) is 9.18 Å². The van der Waals surface area contributed by atoms with E-state index in [1.54, 1.807) is 0 Å². The van der Waals surface area contributed by atoms with Gasteiger partial charge >= 0.3 is 0 Å². The van der Waals surface area contributed by atoms with Crippen LogP contribution in [0.1, 0.15) is 23.2 Å². The van der Waals surface area contributed by atoms with Gasteiger partial charge in [-0.1, -0.05) is 18.2 Å². The van der Waals surface area contributed by atoms with Crippen molar-refractivity contribution in [2.24, 2.45) is 0 Å². The second kappa shape index (κ2) is 7.21. The number of hydrogen-bond donors (Lipinski definition) is 0. The Hall–Kier alpha value is -2.82. The molecule has 1 amide bonds. The summed E-state index contributed by atoms with van der Waals surface area (Å²) < 4.78 is 15.6. The van der Waals surface area contributed by atoms with Crippen LogP contribution in [0.2, 0.25) is 0 Å². The third-order valence-corrected chi connectivity index (χ3v) is 6.54. The van der Waals surface area contributed by atoms with Crippen LogP contribution in [0.3, 0.4) is 0 Å². The zero-order valence-corrected chi connectivity index (χ0v) is 16.8. The molecule has 0 N–H and O–H groups in total. The molecule has 2 aromatic carbocycles. The molecule has 5 heteroatoms. The van der Waals surface area contributed by atoms with Crippen LogP contribution in [0, 0.1) is 12.7 Å². The fourth-order valence-corrected chi connectivity index (χ4v) is 4.94. The average molecular weight is 391 g/mol. The maximum atomic E-state index is 13.2. The number of amides is 1. The molecular weight excluding hydrogens is 365 g/mol. The van der Waals surface area contributed by atoms with Gasteiger partial charge in [-0.2, -0.15) is 0 Å². The Morgan fingerprint density at radius 2 is 1.76 bits per heavy atom. The lowest BCUT2D eigenvalue weighted by molar-refractivity contribution is -0.130. The van der Waals surface area contributed by atoms with Gasteiger partial charge in [0.2, 0.25) is 5.91 Å². The van der Waals surface area contributed by atoms with Gasteiger partial charge in [-0.25, -0.2) is 4.39 Å². The van der Waals surface area contributed by atoms with E-state index in [1.807, 2.05) is 17.0 Å². The highest BCUT2D eigenvalue weighted by Crippen LogP contribution is 2.33. The van der Waals surface area contributed by atoms with Crippen molar-refractivity contribution in [2.45, 2.75) is 32.7 Å². The van der Waals surface area contributed by atoms with Crippen LogP contribution in [-0.2, 0) is 24.2 Å². The van der Waals surface area contributed by atoms with Crippen molar-refractivity contribution in [3.8, 4) is 0 Å². The van der Waals surface area contributed by atoms with Gasteiger partial charge in [0, 0.05) is 49.5 Å². The fourth-order valence-electron chi connectivity index (χ4n) is 4.94. The summed E-state index contributed by atoms with van der Waals surface area (Å²) in [5.41, 5.74) is 6.19. The van der Waals surface area contributed by atoms with Gasteiger partial charge in [-0.15, -0.1) is 0 Å². The lowest BCUT2D eigenvalue weighted by atomic mass is 10.0. The molecule has 0 bridgehead atoms. The number of piperazine rings is 1. The van der Waals surface area contributed by atoms with E-state index in [4.69, 9.17) is 0 Å². The van der Waals surface area contributed by atoms with Gasteiger partial charge in [0.1, 0.15) is 5.82 Å². The van der Waals surface area contributed by atoms with E-state index in [1.165, 1.54) is 46.3 Å². The van der Waals surface area contributed by atoms with Crippen LogP contribution in [0.25, 0.3) is 10.9 Å². The van der Waals surface area contributed by atoms with Crippen LogP contribution < -0.4 is 4.90 Å². The van der Waals surface area contributed by atoms with Crippen LogP contribution >= 0.6 is 0 Å². The van der Waals surface area contributed by atoms with Gasteiger partial charge < -0.3 is 14.4 Å². The molecule has 3 heterocycles. The van der Waals surface area contributed by atoms with Crippen molar-refractivity contribution in [2.75, 3.05) is 31.1 Å². The average Bonchev–Trinajstić information content (AvgIpc) is 3.02. The lowest BCUT2D eigenvalue weighted by Gasteiger charge is -2.36. The van der Waals surface area contributed by atoms with Crippen LogP contribution in [0.4, 0.5) is 10.1 Å². The topological polar surface area (TPSA) is 28.5 Å². The van der Waals surface area contributed by atoms with E-state index < -0.39 is 0 Å². The molecule has 0 aliphatic carbocycles. The van der Waals surface area contributed by atoms with Gasteiger partial charge in [0.25, 0.3) is 0 Å². The van der Waals surface area contributed by atoms with Crippen molar-refractivity contribution in [3.63, 3.8) is 0 Å². The summed E-state index contributed by atoms with van der Waals surface area (Å²) in [6.45, 7) is 6.18. The predicted molar refractivity (Wildman–Crippen MR) is 114 cm³/mol.